The predicted octanol–water partition coefficient (Wildman–Crippen LogP) is 3.50. The molecule has 0 spiro atoms. The Labute approximate surface area is 115 Å². The Balaban J connectivity index is 1.86. The standard InChI is InChI=1S/C14H11ClFNO2/c15-10-2-1-3-12(8-10)17-14(18)9-19-13-6-4-11(16)5-7-13/h1-8H,9H2,(H,17,18). The number of hydrogen-bond donors (Lipinski definition) is 1. The van der Waals surface area contributed by atoms with Crippen LogP contribution in [0.5, 0.6) is 5.75 Å². The Morgan fingerprint density at radius 2 is 1.95 bits per heavy atom. The number of carbonyl (C=O) groups is 1. The molecule has 0 saturated heterocycles. The second-order valence-electron chi connectivity index (χ2n) is 3.80. The highest BCUT2D eigenvalue weighted by Gasteiger charge is 2.04. The van der Waals surface area contributed by atoms with Crippen LogP contribution in [0.2, 0.25) is 5.02 Å². The number of carbonyl (C=O) groups excluding carboxylic acids is 1. The van der Waals surface area contributed by atoms with Crippen molar-refractivity contribution in [3.05, 3.63) is 59.4 Å². The molecule has 0 fully saturated rings. The molecule has 1 N–H and O–H groups in total. The molecule has 0 unspecified atom stereocenters. The molecule has 2 aromatic rings. The third-order valence-corrected chi connectivity index (χ3v) is 2.53. The lowest BCUT2D eigenvalue weighted by Gasteiger charge is -2.07. The first-order chi connectivity index (χ1) is 9.13. The van der Waals surface area contributed by atoms with Gasteiger partial charge in [-0.1, -0.05) is 17.7 Å². The molecule has 0 bridgehead atoms. The zero-order valence-electron chi connectivity index (χ0n) is 9.90. The molecular weight excluding hydrogens is 269 g/mol. The van der Waals surface area contributed by atoms with E-state index in [1.165, 1.54) is 24.3 Å². The summed E-state index contributed by atoms with van der Waals surface area (Å²) in [6, 6.07) is 12.3. The smallest absolute Gasteiger partial charge is 0.262 e. The molecule has 5 heteroatoms. The van der Waals surface area contributed by atoms with E-state index in [4.69, 9.17) is 16.3 Å². The summed E-state index contributed by atoms with van der Waals surface area (Å²) >= 11 is 5.80. The number of halogens is 2. The molecule has 0 aromatic heterocycles. The molecule has 0 radical (unpaired) electrons. The number of hydrogen-bond acceptors (Lipinski definition) is 2. The van der Waals surface area contributed by atoms with Crippen molar-refractivity contribution in [2.24, 2.45) is 0 Å². The highest BCUT2D eigenvalue weighted by Crippen LogP contribution is 2.15. The molecule has 2 aromatic carbocycles. The fraction of sp³-hybridized carbons (Fsp3) is 0.0714. The number of ether oxygens (including phenoxy) is 1. The largest absolute Gasteiger partial charge is 0.484 e. The summed E-state index contributed by atoms with van der Waals surface area (Å²) in [5.41, 5.74) is 0.597. The third-order valence-electron chi connectivity index (χ3n) is 2.29. The Bertz CT molecular complexity index is 572. The van der Waals surface area contributed by atoms with Crippen LogP contribution in [0, 0.1) is 5.82 Å². The average Bonchev–Trinajstić information content (AvgIpc) is 2.38. The molecule has 98 valence electrons. The quantitative estimate of drug-likeness (QED) is 0.930. The number of rotatable bonds is 4. The van der Waals surface area contributed by atoms with Crippen LogP contribution >= 0.6 is 11.6 Å². The minimum atomic E-state index is -0.351. The van der Waals surface area contributed by atoms with Crippen molar-refractivity contribution in [2.45, 2.75) is 0 Å². The third kappa shape index (κ3) is 4.26. The van der Waals surface area contributed by atoms with Gasteiger partial charge in [-0.25, -0.2) is 4.39 Å². The molecule has 1 amide bonds. The fourth-order valence-corrected chi connectivity index (χ4v) is 1.63. The number of nitrogens with one attached hydrogen (secondary N) is 1. The number of amides is 1. The first-order valence-corrected chi connectivity index (χ1v) is 5.95. The first-order valence-electron chi connectivity index (χ1n) is 5.57. The average molecular weight is 280 g/mol. The minimum absolute atomic E-state index is 0.155. The van der Waals surface area contributed by atoms with Crippen LogP contribution in [0.4, 0.5) is 10.1 Å². The van der Waals surface area contributed by atoms with E-state index in [-0.39, 0.29) is 18.3 Å². The van der Waals surface area contributed by atoms with E-state index >= 15 is 0 Å². The minimum Gasteiger partial charge on any atom is -0.484 e. The van der Waals surface area contributed by atoms with Crippen LogP contribution in [0.1, 0.15) is 0 Å². The Hall–Kier alpha value is -2.07. The van der Waals surface area contributed by atoms with Gasteiger partial charge in [-0.2, -0.15) is 0 Å². The van der Waals surface area contributed by atoms with Crippen LogP contribution in [0.15, 0.2) is 48.5 Å². The zero-order valence-corrected chi connectivity index (χ0v) is 10.7. The molecule has 0 saturated carbocycles. The Morgan fingerprint density at radius 3 is 2.63 bits per heavy atom. The summed E-state index contributed by atoms with van der Waals surface area (Å²) < 4.78 is 17.9. The summed E-state index contributed by atoms with van der Waals surface area (Å²) in [6.45, 7) is -0.155. The number of benzene rings is 2. The topological polar surface area (TPSA) is 38.3 Å². The predicted molar refractivity (Wildman–Crippen MR) is 72.0 cm³/mol. The maximum Gasteiger partial charge on any atom is 0.262 e. The van der Waals surface area contributed by atoms with Crippen molar-refractivity contribution in [3.8, 4) is 5.75 Å². The fourth-order valence-electron chi connectivity index (χ4n) is 1.44. The summed E-state index contributed by atoms with van der Waals surface area (Å²) in [5, 5.41) is 3.18. The van der Waals surface area contributed by atoms with E-state index in [9.17, 15) is 9.18 Å². The van der Waals surface area contributed by atoms with E-state index in [0.717, 1.165) is 0 Å². The molecule has 0 heterocycles. The molecule has 0 aliphatic heterocycles. The monoisotopic (exact) mass is 279 g/mol. The SMILES string of the molecule is O=C(COc1ccc(F)cc1)Nc1cccc(Cl)c1. The van der Waals surface area contributed by atoms with Crippen molar-refractivity contribution < 1.29 is 13.9 Å². The molecule has 19 heavy (non-hydrogen) atoms. The van der Waals surface area contributed by atoms with Gasteiger partial charge in [0.1, 0.15) is 11.6 Å². The van der Waals surface area contributed by atoms with Crippen molar-refractivity contribution in [2.75, 3.05) is 11.9 Å². The van der Waals surface area contributed by atoms with Gasteiger partial charge in [0.15, 0.2) is 6.61 Å². The van der Waals surface area contributed by atoms with Crippen molar-refractivity contribution in [3.63, 3.8) is 0 Å². The second-order valence-corrected chi connectivity index (χ2v) is 4.24. The highest BCUT2D eigenvalue weighted by molar-refractivity contribution is 6.30. The zero-order chi connectivity index (χ0) is 13.7. The lowest BCUT2D eigenvalue weighted by atomic mass is 10.3. The maximum atomic E-state index is 12.7. The van der Waals surface area contributed by atoms with Gasteiger partial charge in [0, 0.05) is 10.7 Å². The van der Waals surface area contributed by atoms with Gasteiger partial charge in [-0.15, -0.1) is 0 Å². The second kappa shape index (κ2) is 6.20. The van der Waals surface area contributed by atoms with Gasteiger partial charge in [0.05, 0.1) is 0 Å². The van der Waals surface area contributed by atoms with Crippen molar-refractivity contribution >= 4 is 23.2 Å². The molecule has 0 atom stereocenters. The highest BCUT2D eigenvalue weighted by atomic mass is 35.5. The van der Waals surface area contributed by atoms with Crippen LogP contribution in [-0.2, 0) is 4.79 Å². The van der Waals surface area contributed by atoms with Gasteiger partial charge in [-0.05, 0) is 42.5 Å². The maximum absolute atomic E-state index is 12.7. The van der Waals surface area contributed by atoms with Gasteiger partial charge in [-0.3, -0.25) is 4.79 Å². The molecule has 3 nitrogen and oxygen atoms in total. The molecule has 0 aliphatic carbocycles. The van der Waals surface area contributed by atoms with E-state index < -0.39 is 0 Å². The normalized spacial score (nSPS) is 10.0. The summed E-state index contributed by atoms with van der Waals surface area (Å²) in [5.74, 6) is -0.232. The van der Waals surface area contributed by atoms with E-state index in [2.05, 4.69) is 5.32 Å². The molecular formula is C14H11ClFNO2. The molecule has 0 aliphatic rings. The van der Waals surface area contributed by atoms with Gasteiger partial charge >= 0.3 is 0 Å². The summed E-state index contributed by atoms with van der Waals surface area (Å²) in [7, 11) is 0. The lowest BCUT2D eigenvalue weighted by Crippen LogP contribution is -2.20. The van der Waals surface area contributed by atoms with E-state index in [1.807, 2.05) is 0 Å². The van der Waals surface area contributed by atoms with E-state index in [0.29, 0.717) is 16.5 Å². The van der Waals surface area contributed by atoms with Crippen LogP contribution in [0.25, 0.3) is 0 Å². The molecule has 2 rings (SSSR count). The van der Waals surface area contributed by atoms with Gasteiger partial charge in [0.25, 0.3) is 5.91 Å². The van der Waals surface area contributed by atoms with Crippen molar-refractivity contribution in [1.82, 2.24) is 0 Å². The van der Waals surface area contributed by atoms with Crippen LogP contribution < -0.4 is 10.1 Å². The van der Waals surface area contributed by atoms with Crippen molar-refractivity contribution in [1.29, 1.82) is 0 Å². The van der Waals surface area contributed by atoms with Crippen LogP contribution in [0.3, 0.4) is 0 Å². The number of anilines is 1. The van der Waals surface area contributed by atoms with Gasteiger partial charge in [0.2, 0.25) is 0 Å². The van der Waals surface area contributed by atoms with E-state index in [1.54, 1.807) is 24.3 Å². The summed E-state index contributed by atoms with van der Waals surface area (Å²) in [6.07, 6.45) is 0. The Morgan fingerprint density at radius 1 is 1.21 bits per heavy atom. The van der Waals surface area contributed by atoms with Gasteiger partial charge < -0.3 is 10.1 Å². The lowest BCUT2D eigenvalue weighted by molar-refractivity contribution is -0.118. The summed E-state index contributed by atoms with van der Waals surface area (Å²) in [4.78, 5) is 11.6. The first kappa shape index (κ1) is 13.4. The Kier molecular flexibility index (Phi) is 4.36. The van der Waals surface area contributed by atoms with Crippen LogP contribution in [-0.4, -0.2) is 12.5 Å².